The van der Waals surface area contributed by atoms with Crippen molar-refractivity contribution in [2.75, 3.05) is 12.4 Å². The number of nitrogens with zero attached hydrogens (tertiary/aromatic N) is 1. The van der Waals surface area contributed by atoms with Crippen LogP contribution in [0.3, 0.4) is 0 Å². The Kier molecular flexibility index (Phi) is 3.71. The lowest BCUT2D eigenvalue weighted by molar-refractivity contribution is 0.102. The molecule has 0 saturated heterocycles. The summed E-state index contributed by atoms with van der Waals surface area (Å²) in [7, 11) is 3.23. The Morgan fingerprint density at radius 1 is 1.32 bits per heavy atom. The first-order valence-corrected chi connectivity index (χ1v) is 6.46. The minimum Gasteiger partial charge on any atom is -0.497 e. The van der Waals surface area contributed by atoms with Crippen LogP contribution in [0.1, 0.15) is 15.4 Å². The summed E-state index contributed by atoms with van der Waals surface area (Å²) in [5.41, 5.74) is 1.33. The van der Waals surface area contributed by atoms with Gasteiger partial charge in [0.15, 0.2) is 0 Å². The molecule has 1 amide bonds. The topological polar surface area (TPSA) is 60.3 Å². The average Bonchev–Trinajstić information content (AvgIpc) is 2.67. The summed E-state index contributed by atoms with van der Waals surface area (Å²) in [6, 6.07) is 7.02. The lowest BCUT2D eigenvalue weighted by atomic mass is 10.3. The number of carbonyl (C=O) groups is 1. The minimum atomic E-state index is -0.273. The largest absolute Gasteiger partial charge is 0.497 e. The molecular formula is C13H14N2O3S. The Morgan fingerprint density at radius 3 is 2.42 bits per heavy atom. The number of methoxy groups -OCH3 is 1. The third kappa shape index (κ3) is 2.68. The van der Waals surface area contributed by atoms with Crippen LogP contribution in [0, 0.1) is 6.92 Å². The van der Waals surface area contributed by atoms with Crippen molar-refractivity contribution in [3.05, 3.63) is 44.5 Å². The van der Waals surface area contributed by atoms with Crippen molar-refractivity contribution < 1.29 is 9.53 Å². The third-order valence-corrected chi connectivity index (χ3v) is 3.98. The first kappa shape index (κ1) is 13.4. The molecule has 0 aliphatic carbocycles. The van der Waals surface area contributed by atoms with E-state index in [1.54, 1.807) is 45.3 Å². The van der Waals surface area contributed by atoms with Crippen LogP contribution in [0.5, 0.6) is 5.75 Å². The van der Waals surface area contributed by atoms with Crippen LogP contribution < -0.4 is 14.9 Å². The Balaban J connectivity index is 2.20. The number of carbonyl (C=O) groups excluding carboxylic acids is 1. The number of aromatic nitrogens is 1. The summed E-state index contributed by atoms with van der Waals surface area (Å²) in [5, 5.41) is 2.75. The Bertz CT molecular complexity index is 656. The summed E-state index contributed by atoms with van der Waals surface area (Å²) < 4.78 is 6.51. The SMILES string of the molecule is COc1ccc(NC(=O)c2sc(=O)n(C)c2C)cc1. The van der Waals surface area contributed by atoms with E-state index in [1.165, 1.54) is 4.57 Å². The number of thiazole rings is 1. The predicted octanol–water partition coefficient (Wildman–Crippen LogP) is 2.02. The van der Waals surface area contributed by atoms with Gasteiger partial charge in [0.05, 0.1) is 7.11 Å². The van der Waals surface area contributed by atoms with Gasteiger partial charge in [-0.2, -0.15) is 0 Å². The van der Waals surface area contributed by atoms with E-state index >= 15 is 0 Å². The zero-order valence-corrected chi connectivity index (χ0v) is 11.7. The van der Waals surface area contributed by atoms with E-state index in [0.29, 0.717) is 16.3 Å². The monoisotopic (exact) mass is 278 g/mol. The molecule has 0 unspecified atom stereocenters. The lowest BCUT2D eigenvalue weighted by Crippen LogP contribution is -2.12. The maximum absolute atomic E-state index is 12.1. The molecule has 19 heavy (non-hydrogen) atoms. The molecule has 1 heterocycles. The highest BCUT2D eigenvalue weighted by atomic mass is 32.1. The summed E-state index contributed by atoms with van der Waals surface area (Å²) in [6.45, 7) is 1.75. The smallest absolute Gasteiger partial charge is 0.307 e. The predicted molar refractivity (Wildman–Crippen MR) is 75.2 cm³/mol. The van der Waals surface area contributed by atoms with Crippen LogP contribution in [0.15, 0.2) is 29.1 Å². The Labute approximate surface area is 114 Å². The molecule has 6 heteroatoms. The van der Waals surface area contributed by atoms with Gasteiger partial charge in [-0.15, -0.1) is 0 Å². The van der Waals surface area contributed by atoms with Crippen molar-refractivity contribution >= 4 is 22.9 Å². The van der Waals surface area contributed by atoms with Crippen LogP contribution in [0.4, 0.5) is 5.69 Å². The second kappa shape index (κ2) is 5.27. The molecule has 0 fully saturated rings. The van der Waals surface area contributed by atoms with Crippen LogP contribution >= 0.6 is 11.3 Å². The zero-order valence-electron chi connectivity index (χ0n) is 10.9. The van der Waals surface area contributed by atoms with Gasteiger partial charge in [-0.25, -0.2) is 0 Å². The number of anilines is 1. The maximum Gasteiger partial charge on any atom is 0.307 e. The van der Waals surface area contributed by atoms with Crippen molar-refractivity contribution in [3.63, 3.8) is 0 Å². The highest BCUT2D eigenvalue weighted by Crippen LogP contribution is 2.17. The molecule has 1 N–H and O–H groups in total. The molecule has 0 radical (unpaired) electrons. The van der Waals surface area contributed by atoms with Crippen LogP contribution in [0.25, 0.3) is 0 Å². The highest BCUT2D eigenvalue weighted by Gasteiger charge is 2.15. The molecule has 100 valence electrons. The van der Waals surface area contributed by atoms with E-state index in [4.69, 9.17) is 4.74 Å². The van der Waals surface area contributed by atoms with Gasteiger partial charge in [0.25, 0.3) is 5.91 Å². The molecule has 0 bridgehead atoms. The van der Waals surface area contributed by atoms with Gasteiger partial charge in [-0.05, 0) is 31.2 Å². The minimum absolute atomic E-state index is 0.141. The van der Waals surface area contributed by atoms with Crippen molar-refractivity contribution in [2.45, 2.75) is 6.92 Å². The summed E-state index contributed by atoms with van der Waals surface area (Å²) >= 11 is 0.947. The Morgan fingerprint density at radius 2 is 1.95 bits per heavy atom. The van der Waals surface area contributed by atoms with Gasteiger partial charge >= 0.3 is 4.87 Å². The third-order valence-electron chi connectivity index (χ3n) is 2.85. The first-order valence-electron chi connectivity index (χ1n) is 5.64. The fourth-order valence-corrected chi connectivity index (χ4v) is 2.47. The van der Waals surface area contributed by atoms with Gasteiger partial charge in [0.1, 0.15) is 10.6 Å². The molecule has 0 atom stereocenters. The van der Waals surface area contributed by atoms with Crippen molar-refractivity contribution in [2.24, 2.45) is 7.05 Å². The summed E-state index contributed by atoms with van der Waals surface area (Å²) in [5.74, 6) is 0.448. The van der Waals surface area contributed by atoms with E-state index in [2.05, 4.69) is 5.32 Å². The molecule has 0 saturated carbocycles. The number of hydrogen-bond donors (Lipinski definition) is 1. The fraction of sp³-hybridized carbons (Fsp3) is 0.231. The number of amides is 1. The second-order valence-corrected chi connectivity index (χ2v) is 4.99. The molecular weight excluding hydrogens is 264 g/mol. The quantitative estimate of drug-likeness (QED) is 0.934. The van der Waals surface area contributed by atoms with Crippen LogP contribution in [-0.4, -0.2) is 17.6 Å². The molecule has 5 nitrogen and oxygen atoms in total. The molecule has 1 aromatic heterocycles. The highest BCUT2D eigenvalue weighted by molar-refractivity contribution is 7.11. The number of benzene rings is 1. The van der Waals surface area contributed by atoms with Gasteiger partial charge in [-0.1, -0.05) is 11.3 Å². The fourth-order valence-electron chi connectivity index (χ4n) is 1.59. The average molecular weight is 278 g/mol. The summed E-state index contributed by atoms with van der Waals surface area (Å²) in [6.07, 6.45) is 0. The van der Waals surface area contributed by atoms with Crippen LogP contribution in [-0.2, 0) is 7.05 Å². The number of hydrogen-bond acceptors (Lipinski definition) is 4. The molecule has 0 spiro atoms. The van der Waals surface area contributed by atoms with Gasteiger partial charge in [0.2, 0.25) is 0 Å². The molecule has 0 aliphatic heterocycles. The lowest BCUT2D eigenvalue weighted by Gasteiger charge is -2.05. The maximum atomic E-state index is 12.1. The zero-order chi connectivity index (χ0) is 14.0. The van der Waals surface area contributed by atoms with Gasteiger partial charge < -0.3 is 14.6 Å². The van der Waals surface area contributed by atoms with E-state index in [-0.39, 0.29) is 10.8 Å². The van der Waals surface area contributed by atoms with Crippen molar-refractivity contribution in [1.82, 2.24) is 4.57 Å². The molecule has 2 aromatic rings. The van der Waals surface area contributed by atoms with Crippen LogP contribution in [0.2, 0.25) is 0 Å². The standard InChI is InChI=1S/C13H14N2O3S/c1-8-11(19-13(17)15(8)2)12(16)14-9-4-6-10(18-3)7-5-9/h4-7H,1-3H3,(H,14,16). The molecule has 2 rings (SSSR count). The number of ether oxygens (including phenoxy) is 1. The second-order valence-electron chi connectivity index (χ2n) is 4.02. The van der Waals surface area contributed by atoms with E-state index in [0.717, 1.165) is 17.1 Å². The first-order chi connectivity index (χ1) is 9.02. The number of rotatable bonds is 3. The van der Waals surface area contributed by atoms with Crippen molar-refractivity contribution in [1.29, 1.82) is 0 Å². The normalized spacial score (nSPS) is 10.3. The van der Waals surface area contributed by atoms with E-state index in [1.807, 2.05) is 0 Å². The van der Waals surface area contributed by atoms with Crippen molar-refractivity contribution in [3.8, 4) is 5.75 Å². The molecule has 0 aliphatic rings. The van der Waals surface area contributed by atoms with Gasteiger partial charge in [0, 0.05) is 18.4 Å². The Hall–Kier alpha value is -2.08. The van der Waals surface area contributed by atoms with Gasteiger partial charge in [-0.3, -0.25) is 9.59 Å². The summed E-state index contributed by atoms with van der Waals surface area (Å²) in [4.78, 5) is 23.8. The molecule has 1 aromatic carbocycles. The van der Waals surface area contributed by atoms with E-state index < -0.39 is 0 Å². The number of nitrogens with one attached hydrogen (secondary N) is 1. The van der Waals surface area contributed by atoms with E-state index in [9.17, 15) is 9.59 Å².